The Balaban J connectivity index is 0.000000159. The average molecular weight is 1100 g/mol. The third kappa shape index (κ3) is 10.5. The summed E-state index contributed by atoms with van der Waals surface area (Å²) in [6.07, 6.45) is 0. The van der Waals surface area contributed by atoms with E-state index in [-0.39, 0.29) is 0 Å². The summed E-state index contributed by atoms with van der Waals surface area (Å²) in [5, 5.41) is 22.6. The summed E-state index contributed by atoms with van der Waals surface area (Å²) in [5.41, 5.74) is 6.59. The van der Waals surface area contributed by atoms with E-state index in [9.17, 15) is 0 Å². The lowest BCUT2D eigenvalue weighted by Crippen LogP contribution is -2.26. The number of rotatable bonds is 12. The van der Waals surface area contributed by atoms with Crippen molar-refractivity contribution in [3.63, 3.8) is 0 Å². The van der Waals surface area contributed by atoms with Crippen LogP contribution in [0.5, 0.6) is 0 Å². The maximum Gasteiger partial charge on any atom is 0.0447 e. The normalized spacial score (nSPS) is 11.4. The van der Waals surface area contributed by atoms with Crippen molar-refractivity contribution < 1.29 is 0 Å². The minimum atomic E-state index is -0.852. The van der Waals surface area contributed by atoms with E-state index in [1.807, 2.05) is 0 Å². The van der Waals surface area contributed by atoms with Crippen LogP contribution in [0, 0.1) is 0 Å². The van der Waals surface area contributed by atoms with E-state index >= 15 is 0 Å². The SMILES string of the molecule is CN(C)c1ccc2ccccc2c1-c1c(P(c2ccccc2)c2ccccc2)ccc2ccccc12.c1ccc(P(c2ccccc2)c2ccc3ccccc3c2-c2c(P(c3ccccc3)c3ccccc3)ccc3ccccc23)cc1. The summed E-state index contributed by atoms with van der Waals surface area (Å²) in [5.74, 6) is 0. The van der Waals surface area contributed by atoms with Crippen molar-refractivity contribution in [3.05, 3.63) is 328 Å². The summed E-state index contributed by atoms with van der Waals surface area (Å²) in [6.45, 7) is 0. The van der Waals surface area contributed by atoms with Gasteiger partial charge in [-0.15, -0.1) is 0 Å². The molecule has 0 bridgehead atoms. The molecule has 14 rings (SSSR count). The van der Waals surface area contributed by atoms with Crippen LogP contribution in [-0.4, -0.2) is 14.1 Å². The van der Waals surface area contributed by atoms with E-state index in [0.717, 1.165) is 0 Å². The van der Waals surface area contributed by atoms with Gasteiger partial charge in [0.15, 0.2) is 0 Å². The third-order valence-electron chi connectivity index (χ3n) is 15.4. The highest BCUT2D eigenvalue weighted by Crippen LogP contribution is 2.48. The first-order valence-electron chi connectivity index (χ1n) is 28.0. The highest BCUT2D eigenvalue weighted by Gasteiger charge is 2.29. The topological polar surface area (TPSA) is 3.24 Å². The molecule has 0 aliphatic heterocycles. The maximum atomic E-state index is 2.42. The van der Waals surface area contributed by atoms with Crippen LogP contribution >= 0.6 is 23.8 Å². The predicted octanol–water partition coefficient (Wildman–Crippen LogP) is 16.7. The zero-order valence-corrected chi connectivity index (χ0v) is 48.6. The molecule has 0 amide bonds. The van der Waals surface area contributed by atoms with E-state index in [0.29, 0.717) is 0 Å². The number of benzene rings is 14. The van der Waals surface area contributed by atoms with Crippen LogP contribution in [0.1, 0.15) is 0 Å². The fourth-order valence-electron chi connectivity index (χ4n) is 11.8. The molecule has 0 spiro atoms. The molecular weight excluding hydrogens is 1040 g/mol. The Hall–Kier alpha value is -8.79. The average Bonchev–Trinajstić information content (AvgIpc) is 2.14. The van der Waals surface area contributed by atoms with Crippen LogP contribution < -0.4 is 52.6 Å². The van der Waals surface area contributed by atoms with Gasteiger partial charge in [-0.25, -0.2) is 0 Å². The number of hydrogen-bond donors (Lipinski definition) is 0. The molecular formula is C78H60NP3. The molecule has 0 radical (unpaired) electrons. The van der Waals surface area contributed by atoms with Gasteiger partial charge in [-0.2, -0.15) is 0 Å². The molecule has 14 aromatic rings. The third-order valence-corrected chi connectivity index (χ3v) is 22.9. The fraction of sp³-hybridized carbons (Fsp3) is 0.0256. The molecule has 0 N–H and O–H groups in total. The van der Waals surface area contributed by atoms with Crippen LogP contribution in [0.4, 0.5) is 5.69 Å². The van der Waals surface area contributed by atoms with Crippen molar-refractivity contribution >= 4 is 120 Å². The molecule has 1 nitrogen and oxygen atoms in total. The van der Waals surface area contributed by atoms with Gasteiger partial charge in [0.1, 0.15) is 0 Å². The minimum Gasteiger partial charge on any atom is -0.377 e. The molecule has 0 aliphatic carbocycles. The molecule has 0 unspecified atom stereocenters. The Labute approximate surface area is 486 Å². The zero-order chi connectivity index (χ0) is 55.2. The van der Waals surface area contributed by atoms with Gasteiger partial charge < -0.3 is 4.90 Å². The standard InChI is InChI=1S/C44H32P2.C34H28NP/c1-5-19-35(20-6-1)45(36-21-7-2-8-22-36)41-31-29-33-17-13-15-27-39(33)43(41)44-40-28-16-14-18-34(40)30-32-42(44)46(37-23-9-3-10-24-37)38-25-11-4-12-26-38;1-35(2)31-23-21-25-13-9-11-19-29(25)33(31)34-30-20-12-10-14-26(30)22-24-32(34)36(27-15-5-3-6-16-27)28-17-7-4-8-18-28/h1-32H;3-24H,1-2H3. The van der Waals surface area contributed by atoms with Gasteiger partial charge in [0.05, 0.1) is 0 Å². The van der Waals surface area contributed by atoms with Crippen molar-refractivity contribution in [2.45, 2.75) is 0 Å². The molecule has 0 saturated carbocycles. The Morgan fingerprint density at radius 1 is 0.195 bits per heavy atom. The quantitative estimate of drug-likeness (QED) is 0.110. The summed E-state index contributed by atoms with van der Waals surface area (Å²) in [6, 6.07) is 121. The summed E-state index contributed by atoms with van der Waals surface area (Å²) in [4.78, 5) is 2.25. The second-order valence-electron chi connectivity index (χ2n) is 20.6. The Morgan fingerprint density at radius 2 is 0.402 bits per heavy atom. The van der Waals surface area contributed by atoms with Gasteiger partial charge in [-0.1, -0.05) is 322 Å². The second kappa shape index (κ2) is 24.1. The lowest BCUT2D eigenvalue weighted by Gasteiger charge is -2.28. The number of hydrogen-bond acceptors (Lipinski definition) is 1. The van der Waals surface area contributed by atoms with Crippen LogP contribution in [0.25, 0.3) is 65.3 Å². The van der Waals surface area contributed by atoms with Crippen LogP contribution in [0.15, 0.2) is 328 Å². The van der Waals surface area contributed by atoms with E-state index in [1.165, 1.54) is 119 Å². The van der Waals surface area contributed by atoms with Gasteiger partial charge in [0.25, 0.3) is 0 Å². The molecule has 4 heteroatoms. The first kappa shape index (κ1) is 52.6. The Kier molecular flexibility index (Phi) is 15.5. The van der Waals surface area contributed by atoms with Crippen LogP contribution in [0.2, 0.25) is 0 Å². The van der Waals surface area contributed by atoms with Crippen molar-refractivity contribution in [2.75, 3.05) is 19.0 Å². The van der Waals surface area contributed by atoms with Gasteiger partial charge in [-0.05, 0) is 132 Å². The van der Waals surface area contributed by atoms with Crippen molar-refractivity contribution in [1.29, 1.82) is 0 Å². The van der Waals surface area contributed by atoms with Crippen LogP contribution in [0.3, 0.4) is 0 Å². The summed E-state index contributed by atoms with van der Waals surface area (Å²) >= 11 is 0. The number of anilines is 1. The summed E-state index contributed by atoms with van der Waals surface area (Å²) in [7, 11) is 1.82. The van der Waals surface area contributed by atoms with Gasteiger partial charge >= 0.3 is 0 Å². The highest BCUT2D eigenvalue weighted by atomic mass is 31.1. The lowest BCUT2D eigenvalue weighted by molar-refractivity contribution is 1.14. The van der Waals surface area contributed by atoms with Crippen molar-refractivity contribution in [3.8, 4) is 22.3 Å². The summed E-state index contributed by atoms with van der Waals surface area (Å²) < 4.78 is 0. The van der Waals surface area contributed by atoms with E-state index in [4.69, 9.17) is 0 Å². The molecule has 0 aromatic heterocycles. The lowest BCUT2D eigenvalue weighted by atomic mass is 9.92. The molecule has 0 fully saturated rings. The molecule has 14 aromatic carbocycles. The molecule has 82 heavy (non-hydrogen) atoms. The molecule has 392 valence electrons. The molecule has 0 atom stereocenters. The number of nitrogens with zero attached hydrogens (tertiary/aromatic N) is 1. The van der Waals surface area contributed by atoms with Crippen molar-refractivity contribution in [1.82, 2.24) is 0 Å². The van der Waals surface area contributed by atoms with Crippen molar-refractivity contribution in [2.24, 2.45) is 0 Å². The molecule has 0 aliphatic rings. The zero-order valence-electron chi connectivity index (χ0n) is 46.0. The second-order valence-corrected chi connectivity index (χ2v) is 27.2. The largest absolute Gasteiger partial charge is 0.377 e. The van der Waals surface area contributed by atoms with Crippen LogP contribution in [-0.2, 0) is 0 Å². The van der Waals surface area contributed by atoms with Gasteiger partial charge in [0.2, 0.25) is 0 Å². The van der Waals surface area contributed by atoms with Gasteiger partial charge in [0, 0.05) is 30.9 Å². The molecule has 0 saturated heterocycles. The fourth-order valence-corrected chi connectivity index (χ4v) is 19.2. The maximum absolute atomic E-state index is 2.42. The monoisotopic (exact) mass is 1100 g/mol. The number of fused-ring (bicyclic) bond motifs is 4. The van der Waals surface area contributed by atoms with E-state index in [2.05, 4.69) is 347 Å². The smallest absolute Gasteiger partial charge is 0.0447 e. The van der Waals surface area contributed by atoms with E-state index in [1.54, 1.807) is 0 Å². The Morgan fingerprint density at radius 3 is 0.659 bits per heavy atom. The first-order valence-corrected chi connectivity index (χ1v) is 32.1. The van der Waals surface area contributed by atoms with E-state index < -0.39 is 23.8 Å². The minimum absolute atomic E-state index is 0.769. The molecule has 0 heterocycles. The first-order chi connectivity index (χ1) is 40.6. The van der Waals surface area contributed by atoms with Gasteiger partial charge in [-0.3, -0.25) is 0 Å². The predicted molar refractivity (Wildman–Crippen MR) is 364 cm³/mol. The Bertz CT molecular complexity index is 4200. The highest BCUT2D eigenvalue weighted by molar-refractivity contribution is 7.81.